The summed E-state index contributed by atoms with van der Waals surface area (Å²) in [5, 5.41) is 83.0. The minimum atomic E-state index is -1.83. The molecular formula is C27H26N12O9. The molecule has 0 radical (unpaired) electrons. The van der Waals surface area contributed by atoms with E-state index < -0.39 is 18.5 Å². The molecule has 0 aliphatic heterocycles. The lowest BCUT2D eigenvalue weighted by atomic mass is 10.3. The fraction of sp³-hybridized carbons (Fsp3) is 0. The van der Waals surface area contributed by atoms with E-state index in [1.54, 1.807) is 0 Å². The largest absolute Gasteiger partial charge is 0.503 e. The Labute approximate surface area is 266 Å². The molecule has 0 bridgehead atoms. The van der Waals surface area contributed by atoms with Gasteiger partial charge in [0.25, 0.3) is 0 Å². The molecule has 0 saturated carbocycles. The minimum Gasteiger partial charge on any atom is -0.450 e. The van der Waals surface area contributed by atoms with Gasteiger partial charge >= 0.3 is 18.5 Å². The molecular weight excluding hydrogens is 636 g/mol. The number of carbonyl (C=O) groups is 3. The van der Waals surface area contributed by atoms with Crippen LogP contribution in [0.1, 0.15) is 0 Å². The second-order valence-corrected chi connectivity index (χ2v) is 8.10. The highest BCUT2D eigenvalue weighted by Gasteiger charge is 1.93. The second kappa shape index (κ2) is 20.3. The Kier molecular flexibility index (Phi) is 15.4. The first-order valence-corrected chi connectivity index (χ1v) is 12.8. The van der Waals surface area contributed by atoms with E-state index in [0.717, 1.165) is 44.1 Å². The Bertz CT molecular complexity index is 1680. The van der Waals surface area contributed by atoms with Crippen LogP contribution >= 0.6 is 0 Å². The van der Waals surface area contributed by atoms with E-state index in [9.17, 15) is 0 Å². The van der Waals surface area contributed by atoms with Crippen molar-refractivity contribution in [3.05, 3.63) is 97.1 Å². The highest BCUT2D eigenvalue weighted by molar-refractivity contribution is 5.74. The summed E-state index contributed by atoms with van der Waals surface area (Å²) in [4.78, 5) is 25.7. The molecule has 0 aliphatic carbocycles. The van der Waals surface area contributed by atoms with Crippen molar-refractivity contribution in [2.75, 3.05) is 0 Å². The quantitative estimate of drug-likeness (QED) is 0.107. The summed E-state index contributed by atoms with van der Waals surface area (Å²) in [6.45, 7) is 0. The maximum atomic E-state index is 8.56. The number of aromatic amines is 4. The van der Waals surface area contributed by atoms with Gasteiger partial charge in [0.2, 0.25) is 0 Å². The molecule has 0 unspecified atom stereocenters. The van der Waals surface area contributed by atoms with Gasteiger partial charge < -0.3 is 30.6 Å². The summed E-state index contributed by atoms with van der Waals surface area (Å²) in [7, 11) is 0. The van der Waals surface area contributed by atoms with Gasteiger partial charge in [-0.2, -0.15) is 61.6 Å². The molecule has 0 saturated heterocycles. The Hall–Kier alpha value is -7.71. The third-order valence-electron chi connectivity index (χ3n) is 4.89. The SMILES string of the molecule is O=C(O)O.O=C(O)O.O=C(O)O.c1ccc2n[nH]nc2c1.c1ccc2n[nH]nc2c1.c1ccc2n[nH]nc2c1.c1ccc2n[nH]nc2c1. The van der Waals surface area contributed by atoms with Crippen LogP contribution in [0, 0.1) is 0 Å². The van der Waals surface area contributed by atoms with Crippen molar-refractivity contribution in [2.45, 2.75) is 0 Å². The van der Waals surface area contributed by atoms with Crippen molar-refractivity contribution in [3.63, 3.8) is 0 Å². The Balaban J connectivity index is 0.000000201. The fourth-order valence-corrected chi connectivity index (χ4v) is 3.14. The average molecular weight is 663 g/mol. The van der Waals surface area contributed by atoms with Crippen molar-refractivity contribution in [1.29, 1.82) is 0 Å². The summed E-state index contributed by atoms with van der Waals surface area (Å²) >= 11 is 0. The monoisotopic (exact) mass is 662 g/mol. The Morgan fingerprint density at radius 2 is 0.417 bits per heavy atom. The van der Waals surface area contributed by atoms with Crippen LogP contribution in [0.4, 0.5) is 14.4 Å². The van der Waals surface area contributed by atoms with E-state index in [4.69, 9.17) is 45.0 Å². The predicted molar refractivity (Wildman–Crippen MR) is 168 cm³/mol. The van der Waals surface area contributed by atoms with Crippen LogP contribution in [0.15, 0.2) is 97.1 Å². The predicted octanol–water partition coefficient (Wildman–Crippen LogP) is 4.50. The molecule has 248 valence electrons. The first kappa shape index (κ1) is 36.5. The van der Waals surface area contributed by atoms with Crippen LogP contribution in [0.5, 0.6) is 0 Å². The minimum absolute atomic E-state index is 0.914. The van der Waals surface area contributed by atoms with E-state index in [1.807, 2.05) is 97.1 Å². The molecule has 0 spiro atoms. The summed E-state index contributed by atoms with van der Waals surface area (Å²) in [6, 6.07) is 30.8. The van der Waals surface area contributed by atoms with Gasteiger partial charge in [0.05, 0.1) is 0 Å². The molecule has 21 heteroatoms. The summed E-state index contributed by atoms with van der Waals surface area (Å²) < 4.78 is 0. The van der Waals surface area contributed by atoms with Crippen LogP contribution in [-0.2, 0) is 0 Å². The molecule has 4 aromatic carbocycles. The van der Waals surface area contributed by atoms with Crippen molar-refractivity contribution in [2.24, 2.45) is 0 Å². The molecule has 21 nitrogen and oxygen atoms in total. The van der Waals surface area contributed by atoms with Crippen LogP contribution in [0.2, 0.25) is 0 Å². The maximum absolute atomic E-state index is 8.56. The van der Waals surface area contributed by atoms with Crippen molar-refractivity contribution in [3.8, 4) is 0 Å². The maximum Gasteiger partial charge on any atom is 0.503 e. The van der Waals surface area contributed by atoms with Crippen LogP contribution < -0.4 is 0 Å². The van der Waals surface area contributed by atoms with Crippen LogP contribution in [-0.4, -0.2) is 111 Å². The van der Waals surface area contributed by atoms with Crippen LogP contribution in [0.25, 0.3) is 44.1 Å². The highest BCUT2D eigenvalue weighted by atomic mass is 16.6. The summed E-state index contributed by atoms with van der Waals surface area (Å²) in [5.41, 5.74) is 7.31. The van der Waals surface area contributed by atoms with Gasteiger partial charge in [0, 0.05) is 0 Å². The number of nitrogens with one attached hydrogen (secondary N) is 4. The number of aromatic nitrogens is 12. The number of rotatable bonds is 0. The lowest BCUT2D eigenvalue weighted by Gasteiger charge is -1.78. The van der Waals surface area contributed by atoms with Gasteiger partial charge in [-0.15, -0.1) is 0 Å². The average Bonchev–Trinajstić information content (AvgIpc) is 3.88. The van der Waals surface area contributed by atoms with Crippen molar-refractivity contribution >= 4 is 62.6 Å². The molecule has 8 aromatic rings. The van der Waals surface area contributed by atoms with Crippen molar-refractivity contribution in [1.82, 2.24) is 61.6 Å². The molecule has 4 aromatic heterocycles. The zero-order chi connectivity index (χ0) is 35.1. The number of nitrogens with zero attached hydrogens (tertiary/aromatic N) is 8. The third-order valence-corrected chi connectivity index (χ3v) is 4.89. The van der Waals surface area contributed by atoms with Gasteiger partial charge in [-0.05, 0) is 48.5 Å². The Morgan fingerprint density at radius 1 is 0.312 bits per heavy atom. The smallest absolute Gasteiger partial charge is 0.450 e. The molecule has 0 fully saturated rings. The van der Waals surface area contributed by atoms with Gasteiger partial charge in [0.15, 0.2) is 0 Å². The molecule has 0 amide bonds. The standard InChI is InChI=1S/4C6H5N3.3CH2O3/c4*1-2-4-6-5(3-1)7-9-8-6;3*2-1(3)4/h4*1-4H,(H,7,8,9);3*(H2,2,3,4). The molecule has 48 heavy (non-hydrogen) atoms. The topological polar surface area (TPSA) is 339 Å². The number of carboxylic acid groups (broad SMARTS) is 6. The normalized spacial score (nSPS) is 9.17. The number of hydrogen-bond acceptors (Lipinski definition) is 11. The van der Waals surface area contributed by atoms with E-state index in [0.29, 0.717) is 0 Å². The van der Waals surface area contributed by atoms with Gasteiger partial charge in [-0.25, -0.2) is 14.4 Å². The molecule has 0 aliphatic rings. The number of para-hydroxylation sites is 8. The van der Waals surface area contributed by atoms with Gasteiger partial charge in [0.1, 0.15) is 44.1 Å². The molecule has 4 heterocycles. The van der Waals surface area contributed by atoms with Crippen molar-refractivity contribution < 1.29 is 45.0 Å². The third kappa shape index (κ3) is 14.6. The van der Waals surface area contributed by atoms with E-state index in [2.05, 4.69) is 61.6 Å². The molecule has 8 rings (SSSR count). The van der Waals surface area contributed by atoms with Gasteiger partial charge in [-0.3, -0.25) is 0 Å². The van der Waals surface area contributed by atoms with E-state index in [-0.39, 0.29) is 0 Å². The lowest BCUT2D eigenvalue weighted by molar-refractivity contribution is 0.135. The number of fused-ring (bicyclic) bond motifs is 4. The zero-order valence-corrected chi connectivity index (χ0v) is 24.2. The first-order valence-electron chi connectivity index (χ1n) is 12.8. The first-order chi connectivity index (χ1) is 23.1. The van der Waals surface area contributed by atoms with Gasteiger partial charge in [-0.1, -0.05) is 48.5 Å². The van der Waals surface area contributed by atoms with Crippen LogP contribution in [0.3, 0.4) is 0 Å². The summed E-state index contributed by atoms with van der Waals surface area (Å²) in [5.74, 6) is 0. The highest BCUT2D eigenvalue weighted by Crippen LogP contribution is 2.06. The van der Waals surface area contributed by atoms with E-state index in [1.165, 1.54) is 0 Å². The Morgan fingerprint density at radius 3 is 0.521 bits per heavy atom. The number of H-pyrrole nitrogens is 4. The van der Waals surface area contributed by atoms with E-state index >= 15 is 0 Å². The second-order valence-electron chi connectivity index (χ2n) is 8.10. The number of hydrogen-bond donors (Lipinski definition) is 10. The zero-order valence-electron chi connectivity index (χ0n) is 24.2. The summed E-state index contributed by atoms with van der Waals surface area (Å²) in [6.07, 6.45) is -5.50. The molecule has 10 N–H and O–H groups in total. The number of benzene rings is 4. The lowest BCUT2D eigenvalue weighted by Crippen LogP contribution is -1.81. The molecule has 0 atom stereocenters. The fourth-order valence-electron chi connectivity index (χ4n) is 3.14.